The van der Waals surface area contributed by atoms with Crippen LogP contribution in [0.2, 0.25) is 0 Å². The standard InChI is InChI=1S/C40H37O6P3/c1-2-46-47(41,31-44-37-27-15-17-29-39(37)48(42,33-19-7-3-8-20-33)34-21-9-4-10-22-34)32-45-38-28-16-18-30-40(38)49(43,35-23-11-5-12-24-35)36-25-13-6-14-26-36/h3-30H,2,31-32H2,1H3. The molecule has 49 heavy (non-hydrogen) atoms. The molecule has 0 aromatic heterocycles. The summed E-state index contributed by atoms with van der Waals surface area (Å²) >= 11 is 0. The summed E-state index contributed by atoms with van der Waals surface area (Å²) in [5.74, 6) is 0.688. The average molecular weight is 707 g/mol. The zero-order chi connectivity index (χ0) is 34.2. The number of hydrogen-bond donors (Lipinski definition) is 0. The Morgan fingerprint density at radius 2 is 0.694 bits per heavy atom. The summed E-state index contributed by atoms with van der Waals surface area (Å²) in [5.41, 5.74) is 0. The molecule has 0 bridgehead atoms. The molecule has 6 aromatic rings. The number of benzene rings is 6. The average Bonchev–Trinajstić information content (AvgIpc) is 3.17. The molecule has 6 nitrogen and oxygen atoms in total. The molecule has 0 heterocycles. The van der Waals surface area contributed by atoms with Crippen LogP contribution in [0.4, 0.5) is 0 Å². The van der Waals surface area contributed by atoms with E-state index >= 15 is 9.13 Å². The van der Waals surface area contributed by atoms with Crippen molar-refractivity contribution in [2.45, 2.75) is 6.92 Å². The first kappa shape index (κ1) is 34.4. The van der Waals surface area contributed by atoms with E-state index in [1.807, 2.05) is 133 Å². The lowest BCUT2D eigenvalue weighted by Gasteiger charge is -2.25. The highest BCUT2D eigenvalue weighted by atomic mass is 31.2. The molecule has 0 spiro atoms. The molecule has 0 atom stereocenters. The largest absolute Gasteiger partial charge is 0.483 e. The fraction of sp³-hybridized carbons (Fsp3) is 0.100. The molecule has 6 aromatic carbocycles. The third-order valence-corrected chi connectivity index (χ3v) is 16.1. The Morgan fingerprint density at radius 3 is 1.00 bits per heavy atom. The molecular formula is C40H37O6P3. The van der Waals surface area contributed by atoms with Crippen LogP contribution in [0.1, 0.15) is 6.92 Å². The molecule has 0 saturated heterocycles. The second kappa shape index (κ2) is 15.4. The van der Waals surface area contributed by atoms with E-state index in [4.69, 9.17) is 14.0 Å². The summed E-state index contributed by atoms with van der Waals surface area (Å²) in [4.78, 5) is 0. The Hall–Kier alpha value is -4.43. The minimum absolute atomic E-state index is 0.159. The first-order valence-electron chi connectivity index (χ1n) is 16.0. The van der Waals surface area contributed by atoms with Crippen molar-refractivity contribution in [3.05, 3.63) is 170 Å². The van der Waals surface area contributed by atoms with Gasteiger partial charge in [-0.1, -0.05) is 146 Å². The van der Waals surface area contributed by atoms with Crippen LogP contribution in [0.3, 0.4) is 0 Å². The first-order valence-corrected chi connectivity index (χ1v) is 21.4. The molecule has 0 saturated carbocycles. The van der Waals surface area contributed by atoms with E-state index in [0.717, 1.165) is 0 Å². The second-order valence-corrected chi connectivity index (χ2v) is 19.1. The van der Waals surface area contributed by atoms with Gasteiger partial charge in [0.1, 0.15) is 11.5 Å². The van der Waals surface area contributed by atoms with Crippen LogP contribution in [-0.2, 0) is 18.2 Å². The minimum Gasteiger partial charge on any atom is -0.483 e. The van der Waals surface area contributed by atoms with Crippen molar-refractivity contribution in [2.24, 2.45) is 0 Å². The van der Waals surface area contributed by atoms with Crippen molar-refractivity contribution in [3.63, 3.8) is 0 Å². The lowest BCUT2D eigenvalue weighted by molar-refractivity contribution is 0.266. The quantitative estimate of drug-likeness (QED) is 0.108. The van der Waals surface area contributed by atoms with E-state index in [9.17, 15) is 4.57 Å². The number of ether oxygens (including phenoxy) is 2. The summed E-state index contributed by atoms with van der Waals surface area (Å²) in [6, 6.07) is 51.5. The lowest BCUT2D eigenvalue weighted by atomic mass is 10.3. The molecular weight excluding hydrogens is 669 g/mol. The SMILES string of the molecule is CCOP(=O)(COc1ccccc1P(=O)(c1ccccc1)c1ccccc1)COc1ccccc1P(=O)(c1ccccc1)c1ccccc1. The van der Waals surface area contributed by atoms with E-state index in [1.165, 1.54) is 0 Å². The molecule has 0 aliphatic carbocycles. The molecule has 0 aliphatic heterocycles. The predicted octanol–water partition coefficient (Wildman–Crippen LogP) is 7.65. The van der Waals surface area contributed by atoms with Crippen molar-refractivity contribution in [1.82, 2.24) is 0 Å². The van der Waals surface area contributed by atoms with Gasteiger partial charge in [0.05, 0.1) is 17.2 Å². The Labute approximate surface area is 287 Å². The highest BCUT2D eigenvalue weighted by Gasteiger charge is 2.35. The van der Waals surface area contributed by atoms with E-state index in [-0.39, 0.29) is 19.3 Å². The van der Waals surface area contributed by atoms with Crippen molar-refractivity contribution < 1.29 is 27.7 Å². The van der Waals surface area contributed by atoms with Crippen molar-refractivity contribution in [1.29, 1.82) is 0 Å². The van der Waals surface area contributed by atoms with Crippen molar-refractivity contribution in [2.75, 3.05) is 19.3 Å². The Bertz CT molecular complexity index is 1890. The van der Waals surface area contributed by atoms with Crippen LogP contribution in [0.5, 0.6) is 11.5 Å². The fourth-order valence-corrected chi connectivity index (χ4v) is 12.7. The van der Waals surface area contributed by atoms with Gasteiger partial charge in [-0.05, 0) is 31.2 Å². The van der Waals surface area contributed by atoms with Gasteiger partial charge in [-0.25, -0.2) is 0 Å². The van der Waals surface area contributed by atoms with Crippen molar-refractivity contribution >= 4 is 53.5 Å². The Morgan fingerprint density at radius 1 is 0.408 bits per heavy atom. The Balaban J connectivity index is 1.31. The molecule has 0 N–H and O–H groups in total. The molecule has 9 heteroatoms. The molecule has 0 unspecified atom stereocenters. The van der Waals surface area contributed by atoms with Crippen LogP contribution >= 0.6 is 21.7 Å². The van der Waals surface area contributed by atoms with Gasteiger partial charge in [-0.15, -0.1) is 0 Å². The summed E-state index contributed by atoms with van der Waals surface area (Å²) in [7, 11) is -10.4. The van der Waals surface area contributed by atoms with Crippen LogP contribution in [0, 0.1) is 0 Å². The van der Waals surface area contributed by atoms with Crippen molar-refractivity contribution in [3.8, 4) is 11.5 Å². The van der Waals surface area contributed by atoms with E-state index in [0.29, 0.717) is 43.3 Å². The van der Waals surface area contributed by atoms with Gasteiger partial charge in [0.2, 0.25) is 0 Å². The lowest BCUT2D eigenvalue weighted by Crippen LogP contribution is -2.27. The maximum absolute atomic E-state index is 15.1. The van der Waals surface area contributed by atoms with E-state index in [1.54, 1.807) is 43.3 Å². The molecule has 6 rings (SSSR count). The van der Waals surface area contributed by atoms with Gasteiger partial charge in [0.25, 0.3) is 7.37 Å². The van der Waals surface area contributed by atoms with Gasteiger partial charge in [0, 0.05) is 21.2 Å². The maximum Gasteiger partial charge on any atom is 0.275 e. The third-order valence-electron chi connectivity index (χ3n) is 8.09. The highest BCUT2D eigenvalue weighted by molar-refractivity contribution is 7.86. The Kier molecular flexibility index (Phi) is 10.8. The van der Waals surface area contributed by atoms with Crippen LogP contribution < -0.4 is 41.3 Å². The number of rotatable bonds is 14. The van der Waals surface area contributed by atoms with Gasteiger partial charge < -0.3 is 23.1 Å². The zero-order valence-electron chi connectivity index (χ0n) is 27.1. The third kappa shape index (κ3) is 7.30. The molecule has 0 aliphatic rings. The second-order valence-electron chi connectivity index (χ2n) is 11.3. The minimum atomic E-state index is -3.61. The summed E-state index contributed by atoms with van der Waals surface area (Å²) in [6.07, 6.45) is -0.642. The number of hydrogen-bond acceptors (Lipinski definition) is 6. The molecule has 248 valence electrons. The van der Waals surface area contributed by atoms with E-state index < -0.39 is 21.7 Å². The van der Waals surface area contributed by atoms with Gasteiger partial charge in [-0.3, -0.25) is 4.57 Å². The monoisotopic (exact) mass is 706 g/mol. The maximum atomic E-state index is 15.1. The fourth-order valence-electron chi connectivity index (χ4n) is 5.77. The van der Waals surface area contributed by atoms with E-state index in [2.05, 4.69) is 0 Å². The van der Waals surface area contributed by atoms with Gasteiger partial charge in [-0.2, -0.15) is 0 Å². The summed E-state index contributed by atoms with van der Waals surface area (Å²) < 4.78 is 63.0. The first-order chi connectivity index (χ1) is 23.9. The molecule has 0 radical (unpaired) electrons. The zero-order valence-corrected chi connectivity index (χ0v) is 29.8. The highest BCUT2D eigenvalue weighted by Crippen LogP contribution is 2.50. The van der Waals surface area contributed by atoms with Gasteiger partial charge >= 0.3 is 0 Å². The molecule has 0 fully saturated rings. The topological polar surface area (TPSA) is 78.9 Å². The summed E-state index contributed by atoms with van der Waals surface area (Å²) in [5, 5.41) is 3.62. The smallest absolute Gasteiger partial charge is 0.275 e. The normalized spacial score (nSPS) is 11.9. The van der Waals surface area contributed by atoms with Crippen LogP contribution in [-0.4, -0.2) is 19.3 Å². The summed E-state index contributed by atoms with van der Waals surface area (Å²) in [6.45, 7) is 1.92. The van der Waals surface area contributed by atoms with Crippen LogP contribution in [0.15, 0.2) is 170 Å². The predicted molar refractivity (Wildman–Crippen MR) is 202 cm³/mol. The molecule has 0 amide bonds. The number of para-hydroxylation sites is 2. The van der Waals surface area contributed by atoms with Gasteiger partial charge in [0.15, 0.2) is 27.0 Å². The van der Waals surface area contributed by atoms with Crippen LogP contribution in [0.25, 0.3) is 0 Å².